The average molecular weight is 337 g/mol. The molecule has 7 heteroatoms. The van der Waals surface area contributed by atoms with Crippen LogP contribution in [0.2, 0.25) is 0 Å². The fourth-order valence-corrected chi connectivity index (χ4v) is 3.36. The Morgan fingerprint density at radius 3 is 3.04 bits per heavy atom. The summed E-state index contributed by atoms with van der Waals surface area (Å²) in [5.41, 5.74) is 3.52. The predicted octanol–water partition coefficient (Wildman–Crippen LogP) is 2.48. The van der Waals surface area contributed by atoms with E-state index in [2.05, 4.69) is 15.5 Å². The number of hydrogen-bond acceptors (Lipinski definition) is 6. The van der Waals surface area contributed by atoms with Crippen molar-refractivity contribution in [2.75, 3.05) is 0 Å². The normalized spacial score (nSPS) is 13.2. The molecule has 0 unspecified atom stereocenters. The van der Waals surface area contributed by atoms with E-state index in [1.54, 1.807) is 4.68 Å². The number of nitrogens with zero attached hydrogens (tertiary/aromatic N) is 5. The first-order valence-corrected chi connectivity index (χ1v) is 8.60. The molecule has 0 saturated heterocycles. The first-order valence-electron chi connectivity index (χ1n) is 8.60. The van der Waals surface area contributed by atoms with Crippen LogP contribution in [-0.2, 0) is 30.7 Å². The van der Waals surface area contributed by atoms with Crippen molar-refractivity contribution < 1.29 is 9.53 Å². The molecule has 0 radical (unpaired) electrons. The zero-order valence-electron chi connectivity index (χ0n) is 14.1. The van der Waals surface area contributed by atoms with Crippen molar-refractivity contribution in [2.24, 2.45) is 0 Å². The number of carbonyl (C=O) groups excluding carboxylic acids is 1. The zero-order chi connectivity index (χ0) is 17.2. The molecule has 0 spiro atoms. The van der Waals surface area contributed by atoms with E-state index in [1.165, 1.54) is 0 Å². The number of benzene rings is 1. The lowest BCUT2D eigenvalue weighted by Crippen LogP contribution is -2.13. The van der Waals surface area contributed by atoms with E-state index >= 15 is 0 Å². The molecule has 25 heavy (non-hydrogen) atoms. The van der Waals surface area contributed by atoms with Crippen LogP contribution in [0.15, 0.2) is 24.3 Å². The Balaban J connectivity index is 1.65. The van der Waals surface area contributed by atoms with Crippen LogP contribution in [-0.4, -0.2) is 31.2 Å². The van der Waals surface area contributed by atoms with Gasteiger partial charge in [-0.2, -0.15) is 0 Å². The summed E-state index contributed by atoms with van der Waals surface area (Å²) in [5, 5.41) is 12.4. The Labute approximate surface area is 145 Å². The molecule has 0 N–H and O–H groups in total. The quantitative estimate of drug-likeness (QED) is 0.665. The van der Waals surface area contributed by atoms with E-state index < -0.39 is 0 Å². The molecule has 2 aromatic heterocycles. The molecule has 7 nitrogen and oxygen atoms in total. The second-order valence-electron chi connectivity index (χ2n) is 6.18. The second kappa shape index (κ2) is 6.58. The maximum absolute atomic E-state index is 12.9. The van der Waals surface area contributed by atoms with E-state index in [9.17, 15) is 4.79 Å². The molecular formula is C18H19N5O2. The zero-order valence-corrected chi connectivity index (χ0v) is 14.1. The average Bonchev–Trinajstić information content (AvgIpc) is 3.26. The number of rotatable bonds is 5. The molecule has 1 aliphatic rings. The molecule has 128 valence electrons. The molecule has 3 aromatic rings. The van der Waals surface area contributed by atoms with Gasteiger partial charge in [-0.1, -0.05) is 25.1 Å². The van der Waals surface area contributed by atoms with E-state index in [4.69, 9.17) is 9.72 Å². The van der Waals surface area contributed by atoms with Gasteiger partial charge in [-0.25, -0.2) is 9.48 Å². The minimum atomic E-state index is -0.331. The Morgan fingerprint density at radius 2 is 2.16 bits per heavy atom. The van der Waals surface area contributed by atoms with E-state index in [0.717, 1.165) is 47.8 Å². The summed E-state index contributed by atoms with van der Waals surface area (Å²) in [6, 6.07) is 7.72. The van der Waals surface area contributed by atoms with Crippen LogP contribution in [0.1, 0.15) is 47.2 Å². The first kappa shape index (κ1) is 15.7. The van der Waals surface area contributed by atoms with Crippen LogP contribution in [0.4, 0.5) is 0 Å². The van der Waals surface area contributed by atoms with Crippen LogP contribution in [0.3, 0.4) is 0 Å². The summed E-state index contributed by atoms with van der Waals surface area (Å²) < 4.78 is 7.23. The molecule has 0 atom stereocenters. The Bertz CT molecular complexity index is 934. The molecule has 0 fully saturated rings. The number of para-hydroxylation sites is 1. The molecule has 0 aliphatic heterocycles. The second-order valence-corrected chi connectivity index (χ2v) is 6.18. The highest BCUT2D eigenvalue weighted by atomic mass is 16.5. The number of carbonyl (C=O) groups is 1. The van der Waals surface area contributed by atoms with Gasteiger partial charge in [0.25, 0.3) is 0 Å². The third-order valence-electron chi connectivity index (χ3n) is 4.50. The number of pyridine rings is 1. The topological polar surface area (TPSA) is 82.8 Å². The van der Waals surface area contributed by atoms with Gasteiger partial charge in [0.15, 0.2) is 12.4 Å². The van der Waals surface area contributed by atoms with E-state index in [-0.39, 0.29) is 12.6 Å². The maximum Gasteiger partial charge on any atom is 0.339 e. The number of aromatic nitrogens is 5. The predicted molar refractivity (Wildman–Crippen MR) is 91.0 cm³/mol. The van der Waals surface area contributed by atoms with Gasteiger partial charge in [0.2, 0.25) is 0 Å². The third-order valence-corrected chi connectivity index (χ3v) is 4.50. The Hall–Kier alpha value is -2.83. The molecular weight excluding hydrogens is 318 g/mol. The van der Waals surface area contributed by atoms with E-state index in [1.807, 2.05) is 31.2 Å². The van der Waals surface area contributed by atoms with Gasteiger partial charge in [-0.05, 0) is 47.7 Å². The summed E-state index contributed by atoms with van der Waals surface area (Å²) >= 11 is 0. The first-order chi connectivity index (χ1) is 12.3. The van der Waals surface area contributed by atoms with Gasteiger partial charge in [-0.15, -0.1) is 5.10 Å². The van der Waals surface area contributed by atoms with Gasteiger partial charge in [-0.3, -0.25) is 4.98 Å². The maximum atomic E-state index is 12.9. The van der Waals surface area contributed by atoms with Crippen molar-refractivity contribution in [1.82, 2.24) is 25.2 Å². The van der Waals surface area contributed by atoms with Crippen molar-refractivity contribution in [1.29, 1.82) is 0 Å². The number of fused-ring (bicyclic) bond motifs is 2. The van der Waals surface area contributed by atoms with Gasteiger partial charge in [0.05, 0.1) is 11.1 Å². The fraction of sp³-hybridized carbons (Fsp3) is 0.389. The van der Waals surface area contributed by atoms with Crippen LogP contribution in [0.5, 0.6) is 0 Å². The SMILES string of the molecule is CCCn1nnnc1COC(=O)c1c2c(nc3ccccc13)CCC2. The van der Waals surface area contributed by atoms with Gasteiger partial charge in [0, 0.05) is 17.6 Å². The third kappa shape index (κ3) is 2.86. The van der Waals surface area contributed by atoms with Crippen LogP contribution in [0.25, 0.3) is 10.9 Å². The molecule has 0 amide bonds. The highest BCUT2D eigenvalue weighted by Gasteiger charge is 2.25. The summed E-state index contributed by atoms with van der Waals surface area (Å²) in [4.78, 5) is 17.6. The Kier molecular flexibility index (Phi) is 4.13. The number of tetrazole rings is 1. The minimum absolute atomic E-state index is 0.0667. The fourth-order valence-electron chi connectivity index (χ4n) is 3.36. The van der Waals surface area contributed by atoms with Crippen LogP contribution >= 0.6 is 0 Å². The Morgan fingerprint density at radius 1 is 1.28 bits per heavy atom. The standard InChI is InChI=1S/C18H19N5O2/c1-2-10-23-16(20-21-22-23)11-25-18(24)17-12-6-3-4-8-14(12)19-15-9-5-7-13(15)17/h3-4,6,8H,2,5,7,9-11H2,1H3. The summed E-state index contributed by atoms with van der Waals surface area (Å²) in [6.45, 7) is 2.81. The minimum Gasteiger partial charge on any atom is -0.454 e. The lowest BCUT2D eigenvalue weighted by atomic mass is 10.0. The van der Waals surface area contributed by atoms with Gasteiger partial charge in [0.1, 0.15) is 0 Å². The lowest BCUT2D eigenvalue weighted by molar-refractivity contribution is 0.0457. The monoisotopic (exact) mass is 337 g/mol. The molecule has 1 aliphatic carbocycles. The summed E-state index contributed by atoms with van der Waals surface area (Å²) in [5.74, 6) is 0.230. The summed E-state index contributed by atoms with van der Waals surface area (Å²) in [7, 11) is 0. The molecule has 4 rings (SSSR count). The highest BCUT2D eigenvalue weighted by molar-refractivity contribution is 6.05. The van der Waals surface area contributed by atoms with Crippen LogP contribution in [0, 0.1) is 0 Å². The molecule has 0 bridgehead atoms. The largest absolute Gasteiger partial charge is 0.454 e. The van der Waals surface area contributed by atoms with Gasteiger partial charge < -0.3 is 4.74 Å². The van der Waals surface area contributed by atoms with Crippen molar-refractivity contribution in [3.8, 4) is 0 Å². The number of aryl methyl sites for hydroxylation is 2. The molecule has 2 heterocycles. The highest BCUT2D eigenvalue weighted by Crippen LogP contribution is 2.30. The molecule has 0 saturated carbocycles. The lowest BCUT2D eigenvalue weighted by Gasteiger charge is -2.12. The van der Waals surface area contributed by atoms with Crippen molar-refractivity contribution in [3.05, 3.63) is 46.9 Å². The number of esters is 1. The smallest absolute Gasteiger partial charge is 0.339 e. The number of ether oxygens (including phenoxy) is 1. The van der Waals surface area contributed by atoms with Crippen LogP contribution < -0.4 is 0 Å². The van der Waals surface area contributed by atoms with Gasteiger partial charge >= 0.3 is 5.97 Å². The van der Waals surface area contributed by atoms with E-state index in [0.29, 0.717) is 17.9 Å². The molecule has 1 aromatic carbocycles. The van der Waals surface area contributed by atoms with Crippen molar-refractivity contribution in [2.45, 2.75) is 45.8 Å². The number of hydrogen-bond donors (Lipinski definition) is 0. The van der Waals surface area contributed by atoms with Crippen molar-refractivity contribution in [3.63, 3.8) is 0 Å². The van der Waals surface area contributed by atoms with Crippen molar-refractivity contribution >= 4 is 16.9 Å². The summed E-state index contributed by atoms with van der Waals surface area (Å²) in [6.07, 6.45) is 3.71.